The molecule has 0 fully saturated rings. The zero-order valence-corrected chi connectivity index (χ0v) is 9.96. The van der Waals surface area contributed by atoms with Gasteiger partial charge in [-0.3, -0.25) is 9.20 Å². The lowest BCUT2D eigenvalue weighted by molar-refractivity contribution is -0.141. The maximum Gasteiger partial charge on any atom is 0.325 e. The highest BCUT2D eigenvalue weighted by Crippen LogP contribution is 2.14. The van der Waals surface area contributed by atoms with Crippen molar-refractivity contribution in [2.45, 2.75) is 6.92 Å². The fourth-order valence-corrected chi connectivity index (χ4v) is 1.72. The van der Waals surface area contributed by atoms with Crippen LogP contribution >= 0.6 is 0 Å². The summed E-state index contributed by atoms with van der Waals surface area (Å²) in [7, 11) is 1.85. The number of carbonyl (C=O) groups is 1. The van der Waals surface area contributed by atoms with Crippen LogP contribution in [0.5, 0.6) is 0 Å². The molecule has 0 aliphatic carbocycles. The highest BCUT2D eigenvalue weighted by Gasteiger charge is 2.10. The number of carbonyl (C=O) groups excluding carboxylic acids is 1. The van der Waals surface area contributed by atoms with E-state index in [-0.39, 0.29) is 12.5 Å². The van der Waals surface area contributed by atoms with Crippen LogP contribution in [0.2, 0.25) is 0 Å². The van der Waals surface area contributed by atoms with E-state index in [2.05, 4.69) is 4.98 Å². The predicted molar refractivity (Wildman–Crippen MR) is 65.1 cm³/mol. The predicted octanol–water partition coefficient (Wildman–Crippen LogP) is 1.33. The first kappa shape index (κ1) is 11.4. The highest BCUT2D eigenvalue weighted by atomic mass is 16.5. The van der Waals surface area contributed by atoms with Crippen molar-refractivity contribution in [3.8, 4) is 0 Å². The molecule has 0 amide bonds. The number of rotatable bonds is 4. The maximum atomic E-state index is 11.4. The van der Waals surface area contributed by atoms with E-state index in [4.69, 9.17) is 4.74 Å². The Balaban J connectivity index is 2.21. The van der Waals surface area contributed by atoms with Crippen LogP contribution in [0.15, 0.2) is 30.6 Å². The Morgan fingerprint density at radius 3 is 3.12 bits per heavy atom. The third kappa shape index (κ3) is 2.38. The molecule has 2 aromatic heterocycles. The number of hydrogen-bond acceptors (Lipinski definition) is 4. The topological polar surface area (TPSA) is 46.8 Å². The van der Waals surface area contributed by atoms with Gasteiger partial charge in [0, 0.05) is 19.4 Å². The van der Waals surface area contributed by atoms with Crippen molar-refractivity contribution in [2.24, 2.45) is 0 Å². The number of pyridine rings is 1. The number of hydrogen-bond donors (Lipinski definition) is 0. The third-order valence-electron chi connectivity index (χ3n) is 2.47. The zero-order chi connectivity index (χ0) is 12.3. The van der Waals surface area contributed by atoms with Crippen LogP contribution in [-0.4, -0.2) is 35.6 Å². The minimum atomic E-state index is -0.230. The van der Waals surface area contributed by atoms with Crippen molar-refractivity contribution in [3.05, 3.63) is 30.6 Å². The number of likely N-dealkylation sites (N-methyl/N-ethyl adjacent to an activating group) is 1. The van der Waals surface area contributed by atoms with Gasteiger partial charge in [0.05, 0.1) is 6.61 Å². The monoisotopic (exact) mass is 233 g/mol. The van der Waals surface area contributed by atoms with Crippen molar-refractivity contribution in [1.29, 1.82) is 0 Å². The molecule has 0 N–H and O–H groups in total. The standard InChI is InChI=1S/C12H15N3O2/c1-3-17-12(16)9-14(2)11-6-4-5-10-13-7-8-15(10)11/h4-8H,3,9H2,1-2H3. The molecule has 5 heteroatoms. The quantitative estimate of drug-likeness (QED) is 0.747. The second kappa shape index (κ2) is 4.86. The summed E-state index contributed by atoms with van der Waals surface area (Å²) in [6.45, 7) is 2.43. The molecule has 0 saturated carbocycles. The first-order valence-electron chi connectivity index (χ1n) is 5.51. The molecule has 17 heavy (non-hydrogen) atoms. The van der Waals surface area contributed by atoms with Crippen LogP contribution in [0.1, 0.15) is 6.92 Å². The van der Waals surface area contributed by atoms with E-state index in [0.717, 1.165) is 11.5 Å². The molecular weight excluding hydrogens is 218 g/mol. The summed E-state index contributed by atoms with van der Waals surface area (Å²) in [6, 6.07) is 5.77. The summed E-state index contributed by atoms with van der Waals surface area (Å²) in [5, 5.41) is 0. The fraction of sp³-hybridized carbons (Fsp3) is 0.333. The molecule has 2 heterocycles. The number of anilines is 1. The van der Waals surface area contributed by atoms with Crippen LogP contribution in [0.3, 0.4) is 0 Å². The number of nitrogens with zero attached hydrogens (tertiary/aromatic N) is 3. The molecule has 0 spiro atoms. The van der Waals surface area contributed by atoms with Gasteiger partial charge in [-0.15, -0.1) is 0 Å². The first-order valence-corrected chi connectivity index (χ1v) is 5.51. The average molecular weight is 233 g/mol. The largest absolute Gasteiger partial charge is 0.465 e. The van der Waals surface area contributed by atoms with Crippen molar-refractivity contribution < 1.29 is 9.53 Å². The summed E-state index contributed by atoms with van der Waals surface area (Å²) in [6.07, 6.45) is 3.60. The summed E-state index contributed by atoms with van der Waals surface area (Å²) < 4.78 is 6.85. The Kier molecular flexibility index (Phi) is 3.27. The van der Waals surface area contributed by atoms with E-state index in [9.17, 15) is 4.79 Å². The zero-order valence-electron chi connectivity index (χ0n) is 9.96. The normalized spacial score (nSPS) is 10.5. The lowest BCUT2D eigenvalue weighted by Crippen LogP contribution is -2.28. The summed E-state index contributed by atoms with van der Waals surface area (Å²) in [4.78, 5) is 17.4. The molecule has 0 saturated heterocycles. The van der Waals surface area contributed by atoms with Crippen LogP contribution in [0.25, 0.3) is 5.65 Å². The van der Waals surface area contributed by atoms with Crippen LogP contribution in [0, 0.1) is 0 Å². The number of imidazole rings is 1. The molecule has 0 atom stereocenters. The Hall–Kier alpha value is -2.04. The number of ether oxygens (including phenoxy) is 1. The second-order valence-electron chi connectivity index (χ2n) is 3.70. The Bertz CT molecular complexity index is 521. The van der Waals surface area contributed by atoms with Crippen molar-refractivity contribution >= 4 is 17.4 Å². The van der Waals surface area contributed by atoms with Gasteiger partial charge in [0.25, 0.3) is 0 Å². The van der Waals surface area contributed by atoms with E-state index in [1.54, 1.807) is 13.1 Å². The van der Waals surface area contributed by atoms with Gasteiger partial charge in [0.1, 0.15) is 18.0 Å². The molecule has 0 bridgehead atoms. The highest BCUT2D eigenvalue weighted by molar-refractivity contribution is 5.75. The Morgan fingerprint density at radius 1 is 1.53 bits per heavy atom. The summed E-state index contributed by atoms with van der Waals surface area (Å²) in [5.41, 5.74) is 0.859. The maximum absolute atomic E-state index is 11.4. The number of aromatic nitrogens is 2. The van der Waals surface area contributed by atoms with Gasteiger partial charge in [0.2, 0.25) is 0 Å². The van der Waals surface area contributed by atoms with Crippen LogP contribution < -0.4 is 4.90 Å². The average Bonchev–Trinajstić information content (AvgIpc) is 2.76. The van der Waals surface area contributed by atoms with Gasteiger partial charge >= 0.3 is 5.97 Å². The molecule has 90 valence electrons. The lowest BCUT2D eigenvalue weighted by atomic mass is 10.4. The van der Waals surface area contributed by atoms with Crippen molar-refractivity contribution in [3.63, 3.8) is 0 Å². The molecule has 2 rings (SSSR count). The fourth-order valence-electron chi connectivity index (χ4n) is 1.72. The molecular formula is C12H15N3O2. The van der Waals surface area contributed by atoms with E-state index in [0.29, 0.717) is 6.61 Å². The molecule has 0 aliphatic heterocycles. The number of esters is 1. The van der Waals surface area contributed by atoms with Gasteiger partial charge in [-0.05, 0) is 19.1 Å². The van der Waals surface area contributed by atoms with Crippen molar-refractivity contribution in [1.82, 2.24) is 9.38 Å². The van der Waals surface area contributed by atoms with E-state index < -0.39 is 0 Å². The van der Waals surface area contributed by atoms with Gasteiger partial charge in [-0.25, -0.2) is 4.98 Å². The third-order valence-corrected chi connectivity index (χ3v) is 2.47. The lowest BCUT2D eigenvalue weighted by Gasteiger charge is -2.19. The van der Waals surface area contributed by atoms with E-state index in [1.807, 2.05) is 40.7 Å². The van der Waals surface area contributed by atoms with E-state index >= 15 is 0 Å². The van der Waals surface area contributed by atoms with Crippen LogP contribution in [0.4, 0.5) is 5.82 Å². The van der Waals surface area contributed by atoms with Crippen LogP contribution in [-0.2, 0) is 9.53 Å². The van der Waals surface area contributed by atoms with Gasteiger partial charge < -0.3 is 9.64 Å². The molecule has 0 aliphatic rings. The molecule has 0 aromatic carbocycles. The van der Waals surface area contributed by atoms with Crippen molar-refractivity contribution in [2.75, 3.05) is 25.1 Å². The van der Waals surface area contributed by atoms with Gasteiger partial charge in [-0.1, -0.05) is 6.07 Å². The molecule has 5 nitrogen and oxygen atoms in total. The molecule has 0 unspecified atom stereocenters. The Morgan fingerprint density at radius 2 is 2.35 bits per heavy atom. The summed E-state index contributed by atoms with van der Waals surface area (Å²) >= 11 is 0. The second-order valence-corrected chi connectivity index (χ2v) is 3.70. The van der Waals surface area contributed by atoms with Gasteiger partial charge in [0.15, 0.2) is 0 Å². The minimum Gasteiger partial charge on any atom is -0.465 e. The molecule has 0 radical (unpaired) electrons. The Labute approximate surface area is 99.6 Å². The van der Waals surface area contributed by atoms with E-state index in [1.165, 1.54) is 0 Å². The smallest absolute Gasteiger partial charge is 0.325 e. The molecule has 2 aromatic rings. The SMILES string of the molecule is CCOC(=O)CN(C)c1cccc2nccn12. The number of fused-ring (bicyclic) bond motifs is 1. The first-order chi connectivity index (χ1) is 8.22. The summed E-state index contributed by atoms with van der Waals surface area (Å²) in [5.74, 6) is 0.681. The minimum absolute atomic E-state index is 0.227. The van der Waals surface area contributed by atoms with Gasteiger partial charge in [-0.2, -0.15) is 0 Å².